The van der Waals surface area contributed by atoms with E-state index in [0.717, 1.165) is 10.5 Å². The van der Waals surface area contributed by atoms with Gasteiger partial charge in [0.2, 0.25) is 0 Å². The van der Waals surface area contributed by atoms with E-state index in [-0.39, 0.29) is 6.54 Å². The van der Waals surface area contributed by atoms with Crippen LogP contribution in [0.2, 0.25) is 0 Å². The van der Waals surface area contributed by atoms with Crippen LogP contribution in [0.3, 0.4) is 0 Å². The average molecular weight is 285 g/mol. The molecule has 1 aromatic rings. The highest BCUT2D eigenvalue weighted by Crippen LogP contribution is 2.20. The summed E-state index contributed by atoms with van der Waals surface area (Å²) in [5.41, 5.74) is 0.903. The Morgan fingerprint density at radius 2 is 1.90 bits per heavy atom. The number of nitrogens with zero attached hydrogens (tertiary/aromatic N) is 1. The maximum atomic E-state index is 12.6. The lowest BCUT2D eigenvalue weighted by molar-refractivity contribution is -0.186. The number of carbonyl (C=O) groups is 1. The van der Waals surface area contributed by atoms with Crippen LogP contribution >= 0.6 is 0 Å². The SMILES string of the molecule is C/C=C/[C@@H](C)N(CCc1ccccc1)C(=O)C(F)(F)F. The van der Waals surface area contributed by atoms with Gasteiger partial charge in [-0.25, -0.2) is 0 Å². The molecule has 2 nitrogen and oxygen atoms in total. The topological polar surface area (TPSA) is 20.3 Å². The molecule has 0 unspecified atom stereocenters. The number of hydrogen-bond donors (Lipinski definition) is 0. The number of alkyl halides is 3. The van der Waals surface area contributed by atoms with Crippen LogP contribution in [0.1, 0.15) is 19.4 Å². The normalized spacial score (nSPS) is 13.4. The molecule has 0 fully saturated rings. The number of allylic oxidation sites excluding steroid dienone is 1. The zero-order valence-electron chi connectivity index (χ0n) is 11.5. The van der Waals surface area contributed by atoms with Gasteiger partial charge in [0, 0.05) is 12.6 Å². The van der Waals surface area contributed by atoms with Crippen molar-refractivity contribution in [3.8, 4) is 0 Å². The standard InChI is InChI=1S/C15H18F3NO/c1-3-7-12(2)19(14(20)15(16,17)18)11-10-13-8-5-4-6-9-13/h3-9,12H,10-11H2,1-2H3/b7-3+/t12-/m1/s1. The van der Waals surface area contributed by atoms with Gasteiger partial charge < -0.3 is 4.90 Å². The van der Waals surface area contributed by atoms with E-state index in [0.29, 0.717) is 6.42 Å². The predicted octanol–water partition coefficient (Wildman–Crippen LogP) is 3.58. The molecule has 110 valence electrons. The summed E-state index contributed by atoms with van der Waals surface area (Å²) in [7, 11) is 0. The molecule has 1 aromatic carbocycles. The Kier molecular flexibility index (Phi) is 5.80. The van der Waals surface area contributed by atoms with Crippen LogP contribution in [0.25, 0.3) is 0 Å². The molecule has 0 bridgehead atoms. The molecule has 5 heteroatoms. The highest BCUT2D eigenvalue weighted by atomic mass is 19.4. The monoisotopic (exact) mass is 285 g/mol. The van der Waals surface area contributed by atoms with Crippen molar-refractivity contribution in [2.24, 2.45) is 0 Å². The molecule has 0 saturated heterocycles. The van der Waals surface area contributed by atoms with Crippen LogP contribution in [0.15, 0.2) is 42.5 Å². The smallest absolute Gasteiger partial charge is 0.328 e. The van der Waals surface area contributed by atoms with E-state index in [1.165, 1.54) is 0 Å². The molecule has 0 aliphatic heterocycles. The number of rotatable bonds is 5. The Bertz CT molecular complexity index is 454. The first-order valence-electron chi connectivity index (χ1n) is 6.40. The van der Waals surface area contributed by atoms with Gasteiger partial charge in [-0.05, 0) is 25.8 Å². The molecule has 0 radical (unpaired) electrons. The zero-order chi connectivity index (χ0) is 15.2. The summed E-state index contributed by atoms with van der Waals surface area (Å²) >= 11 is 0. The highest BCUT2D eigenvalue weighted by Gasteiger charge is 2.43. The molecule has 0 N–H and O–H groups in total. The fourth-order valence-electron chi connectivity index (χ4n) is 1.93. The van der Waals surface area contributed by atoms with Crippen molar-refractivity contribution in [1.82, 2.24) is 4.90 Å². The Balaban J connectivity index is 2.80. The predicted molar refractivity (Wildman–Crippen MR) is 72.2 cm³/mol. The Hall–Kier alpha value is -1.78. The maximum Gasteiger partial charge on any atom is 0.471 e. The van der Waals surface area contributed by atoms with E-state index in [1.54, 1.807) is 26.0 Å². The summed E-state index contributed by atoms with van der Waals surface area (Å²) in [5, 5.41) is 0. The van der Waals surface area contributed by atoms with Gasteiger partial charge in [-0.2, -0.15) is 13.2 Å². The molecule has 20 heavy (non-hydrogen) atoms. The van der Waals surface area contributed by atoms with Crippen molar-refractivity contribution < 1.29 is 18.0 Å². The number of benzene rings is 1. The second-order valence-corrected chi connectivity index (χ2v) is 4.50. The van der Waals surface area contributed by atoms with E-state index in [1.807, 2.05) is 30.3 Å². The molecular weight excluding hydrogens is 267 g/mol. The first-order valence-corrected chi connectivity index (χ1v) is 6.40. The summed E-state index contributed by atoms with van der Waals surface area (Å²) in [6.45, 7) is 3.33. The van der Waals surface area contributed by atoms with Crippen LogP contribution in [0.4, 0.5) is 13.2 Å². The van der Waals surface area contributed by atoms with Crippen molar-refractivity contribution in [2.45, 2.75) is 32.5 Å². The van der Waals surface area contributed by atoms with Gasteiger partial charge in [-0.15, -0.1) is 0 Å². The molecule has 1 amide bonds. The molecule has 1 atom stereocenters. The third-order valence-electron chi connectivity index (χ3n) is 2.95. The number of amides is 1. The van der Waals surface area contributed by atoms with Crippen molar-refractivity contribution >= 4 is 5.91 Å². The van der Waals surface area contributed by atoms with E-state index in [9.17, 15) is 18.0 Å². The summed E-state index contributed by atoms with van der Waals surface area (Å²) in [6.07, 6.45) is -1.23. The van der Waals surface area contributed by atoms with Crippen molar-refractivity contribution in [1.29, 1.82) is 0 Å². The molecule has 0 aliphatic rings. The molecule has 0 heterocycles. The molecule has 0 spiro atoms. The van der Waals surface area contributed by atoms with Crippen molar-refractivity contribution in [3.05, 3.63) is 48.0 Å². The zero-order valence-corrected chi connectivity index (χ0v) is 11.5. The average Bonchev–Trinajstić information content (AvgIpc) is 2.39. The maximum absolute atomic E-state index is 12.6. The van der Waals surface area contributed by atoms with Crippen LogP contribution < -0.4 is 0 Å². The Morgan fingerprint density at radius 3 is 2.40 bits per heavy atom. The van der Waals surface area contributed by atoms with Gasteiger partial charge in [0.05, 0.1) is 0 Å². The lowest BCUT2D eigenvalue weighted by Gasteiger charge is -2.28. The van der Waals surface area contributed by atoms with Crippen molar-refractivity contribution in [3.63, 3.8) is 0 Å². The van der Waals surface area contributed by atoms with Crippen LogP contribution in [0, 0.1) is 0 Å². The molecular formula is C15H18F3NO. The minimum atomic E-state index is -4.84. The number of carbonyl (C=O) groups excluding carboxylic acids is 1. The van der Waals surface area contributed by atoms with Gasteiger partial charge in [0.25, 0.3) is 0 Å². The number of halogens is 3. The minimum Gasteiger partial charge on any atom is -0.328 e. The highest BCUT2D eigenvalue weighted by molar-refractivity contribution is 5.82. The largest absolute Gasteiger partial charge is 0.471 e. The molecule has 0 aromatic heterocycles. The second kappa shape index (κ2) is 7.12. The fraction of sp³-hybridized carbons (Fsp3) is 0.400. The summed E-state index contributed by atoms with van der Waals surface area (Å²) in [4.78, 5) is 12.3. The van der Waals surface area contributed by atoms with Crippen molar-refractivity contribution in [2.75, 3.05) is 6.54 Å². The first-order chi connectivity index (χ1) is 9.36. The van der Waals surface area contributed by atoms with Crippen LogP contribution in [-0.4, -0.2) is 29.6 Å². The van der Waals surface area contributed by atoms with E-state index in [4.69, 9.17) is 0 Å². The van der Waals surface area contributed by atoms with Gasteiger partial charge in [0.15, 0.2) is 0 Å². The summed E-state index contributed by atoms with van der Waals surface area (Å²) in [6, 6.07) is 8.55. The number of hydrogen-bond acceptors (Lipinski definition) is 1. The van der Waals surface area contributed by atoms with E-state index < -0.39 is 18.1 Å². The Morgan fingerprint density at radius 1 is 1.30 bits per heavy atom. The lowest BCUT2D eigenvalue weighted by atomic mass is 10.1. The molecule has 0 aliphatic carbocycles. The lowest BCUT2D eigenvalue weighted by Crippen LogP contribution is -2.46. The summed E-state index contributed by atoms with van der Waals surface area (Å²) < 4.78 is 37.8. The van der Waals surface area contributed by atoms with E-state index in [2.05, 4.69) is 0 Å². The first kappa shape index (κ1) is 16.3. The summed E-state index contributed by atoms with van der Waals surface area (Å²) in [5.74, 6) is -1.79. The molecule has 1 rings (SSSR count). The van der Waals surface area contributed by atoms with Gasteiger partial charge >= 0.3 is 12.1 Å². The van der Waals surface area contributed by atoms with Gasteiger partial charge in [-0.3, -0.25) is 4.79 Å². The fourth-order valence-corrected chi connectivity index (χ4v) is 1.93. The van der Waals surface area contributed by atoms with Crippen LogP contribution in [0.5, 0.6) is 0 Å². The minimum absolute atomic E-state index is 0.0356. The third-order valence-corrected chi connectivity index (χ3v) is 2.95. The Labute approximate surface area is 116 Å². The second-order valence-electron chi connectivity index (χ2n) is 4.50. The van der Waals surface area contributed by atoms with Gasteiger partial charge in [-0.1, -0.05) is 42.5 Å². The van der Waals surface area contributed by atoms with Crippen LogP contribution in [-0.2, 0) is 11.2 Å². The quantitative estimate of drug-likeness (QED) is 0.757. The van der Waals surface area contributed by atoms with Gasteiger partial charge in [0.1, 0.15) is 0 Å². The third kappa shape index (κ3) is 4.72. The van der Waals surface area contributed by atoms with E-state index >= 15 is 0 Å². The molecule has 0 saturated carbocycles.